The number of aliphatic carboxylic acids is 1. The molecule has 4 heteroatoms. The van der Waals surface area contributed by atoms with Crippen molar-refractivity contribution >= 4 is 12.2 Å². The summed E-state index contributed by atoms with van der Waals surface area (Å²) in [5.41, 5.74) is 0.368. The molecule has 114 valence electrons. The van der Waals surface area contributed by atoms with E-state index >= 15 is 0 Å². The molecule has 1 aromatic carbocycles. The fraction of sp³-hybridized carbons (Fsp3) is 0.529. The van der Waals surface area contributed by atoms with Gasteiger partial charge in [0.25, 0.3) is 0 Å². The molecule has 2 rings (SSSR count). The first kappa shape index (κ1) is 15.5. The van der Waals surface area contributed by atoms with Crippen molar-refractivity contribution in [3.05, 3.63) is 35.9 Å². The minimum absolute atomic E-state index is 0.220. The Morgan fingerprint density at radius 1 is 1.24 bits per heavy atom. The summed E-state index contributed by atoms with van der Waals surface area (Å²) in [5, 5.41) is 13.5. The number of carbonyl (C=O) groups is 1. The van der Waals surface area contributed by atoms with Gasteiger partial charge in [-0.2, -0.15) is 0 Å². The fourth-order valence-corrected chi connectivity index (χ4v) is 2.60. The highest BCUT2D eigenvalue weighted by molar-refractivity contribution is 5.94. The second kappa shape index (κ2) is 6.29. The second-order valence-electron chi connectivity index (χ2n) is 6.62. The van der Waals surface area contributed by atoms with Gasteiger partial charge in [-0.15, -0.1) is 0 Å². The van der Waals surface area contributed by atoms with E-state index in [-0.39, 0.29) is 5.41 Å². The van der Waals surface area contributed by atoms with E-state index in [0.29, 0.717) is 19.4 Å². The van der Waals surface area contributed by atoms with Crippen molar-refractivity contribution in [2.75, 3.05) is 0 Å². The second-order valence-corrected chi connectivity index (χ2v) is 6.62. The van der Waals surface area contributed by atoms with E-state index in [2.05, 4.69) is 19.0 Å². The molecule has 1 aliphatic carbocycles. The average molecular weight is 289 g/mol. The number of carboxylic acids is 1. The smallest absolute Gasteiger partial charge is 0.315 e. The molecule has 0 aliphatic heterocycles. The summed E-state index contributed by atoms with van der Waals surface area (Å²) in [5.74, 6) is -0.801. The predicted octanol–water partition coefficient (Wildman–Crippen LogP) is 3.86. The van der Waals surface area contributed by atoms with Crippen LogP contribution in [0.2, 0.25) is 0 Å². The molecule has 1 N–H and O–H groups in total. The number of carboxylic acid groups (broad SMARTS) is 1. The van der Waals surface area contributed by atoms with Gasteiger partial charge in [0, 0.05) is 0 Å². The third-order valence-corrected chi connectivity index (χ3v) is 4.37. The van der Waals surface area contributed by atoms with Crippen molar-refractivity contribution in [3.8, 4) is 0 Å². The average Bonchev–Trinajstić information content (AvgIpc) is 2.46. The zero-order valence-corrected chi connectivity index (χ0v) is 12.7. The van der Waals surface area contributed by atoms with Crippen molar-refractivity contribution in [3.63, 3.8) is 0 Å². The molecule has 0 radical (unpaired) electrons. The SMILES string of the molecule is CC1(C)CCC(/C=N/OCc2ccccc2)(C(=O)O)CC1. The van der Waals surface area contributed by atoms with Crippen LogP contribution in [0.4, 0.5) is 0 Å². The maximum Gasteiger partial charge on any atom is 0.315 e. The molecule has 1 aromatic rings. The van der Waals surface area contributed by atoms with Crippen molar-refractivity contribution in [2.45, 2.75) is 46.1 Å². The number of oxime groups is 1. The molecule has 0 unspecified atom stereocenters. The van der Waals surface area contributed by atoms with Gasteiger partial charge in [0.15, 0.2) is 0 Å². The van der Waals surface area contributed by atoms with Crippen molar-refractivity contribution < 1.29 is 14.7 Å². The molecule has 1 saturated carbocycles. The van der Waals surface area contributed by atoms with Crippen LogP contribution < -0.4 is 0 Å². The number of benzene rings is 1. The van der Waals surface area contributed by atoms with Gasteiger partial charge in [-0.3, -0.25) is 4.79 Å². The van der Waals surface area contributed by atoms with Gasteiger partial charge in [-0.1, -0.05) is 49.3 Å². The van der Waals surface area contributed by atoms with Crippen LogP contribution in [0.1, 0.15) is 45.1 Å². The van der Waals surface area contributed by atoms with Crippen LogP contribution >= 0.6 is 0 Å². The zero-order valence-electron chi connectivity index (χ0n) is 12.7. The quantitative estimate of drug-likeness (QED) is 0.661. The number of nitrogens with zero attached hydrogens (tertiary/aromatic N) is 1. The van der Waals surface area contributed by atoms with Gasteiger partial charge in [-0.25, -0.2) is 0 Å². The monoisotopic (exact) mass is 289 g/mol. The lowest BCUT2D eigenvalue weighted by Gasteiger charge is -2.38. The van der Waals surface area contributed by atoms with Crippen molar-refractivity contribution in [2.24, 2.45) is 16.0 Å². The Bertz CT molecular complexity index is 498. The number of hydrogen-bond acceptors (Lipinski definition) is 3. The third kappa shape index (κ3) is 4.06. The van der Waals surface area contributed by atoms with E-state index in [9.17, 15) is 9.90 Å². The molecule has 0 spiro atoms. The molecule has 0 saturated heterocycles. The Balaban J connectivity index is 1.94. The lowest BCUT2D eigenvalue weighted by atomic mass is 9.65. The maximum absolute atomic E-state index is 11.6. The Morgan fingerprint density at radius 3 is 2.43 bits per heavy atom. The molecule has 0 heterocycles. The van der Waals surface area contributed by atoms with Crippen LogP contribution in [0.15, 0.2) is 35.5 Å². The molecule has 0 aromatic heterocycles. The van der Waals surface area contributed by atoms with Crippen molar-refractivity contribution in [1.29, 1.82) is 0 Å². The number of rotatable bonds is 5. The summed E-state index contributed by atoms with van der Waals surface area (Å²) < 4.78 is 0. The molecule has 0 amide bonds. The minimum Gasteiger partial charge on any atom is -0.481 e. The van der Waals surface area contributed by atoms with Gasteiger partial charge in [0.05, 0.1) is 6.21 Å². The normalized spacial score (nSPS) is 20.3. The van der Waals surface area contributed by atoms with E-state index in [1.54, 1.807) is 0 Å². The van der Waals surface area contributed by atoms with E-state index in [1.807, 2.05) is 30.3 Å². The van der Waals surface area contributed by atoms with Gasteiger partial charge in [0.2, 0.25) is 0 Å². The zero-order chi connectivity index (χ0) is 15.3. The molecule has 1 aliphatic rings. The topological polar surface area (TPSA) is 58.9 Å². The summed E-state index contributed by atoms with van der Waals surface area (Å²) in [6, 6.07) is 9.71. The summed E-state index contributed by atoms with van der Waals surface area (Å²) in [4.78, 5) is 16.9. The Hall–Kier alpha value is -1.84. The van der Waals surface area contributed by atoms with E-state index < -0.39 is 11.4 Å². The third-order valence-electron chi connectivity index (χ3n) is 4.37. The molecule has 0 atom stereocenters. The first-order chi connectivity index (χ1) is 9.94. The lowest BCUT2D eigenvalue weighted by molar-refractivity contribution is -0.147. The molecule has 4 nitrogen and oxygen atoms in total. The Kier molecular flexibility index (Phi) is 4.66. The minimum atomic E-state index is -0.869. The van der Waals surface area contributed by atoms with Gasteiger partial charge in [0.1, 0.15) is 12.0 Å². The highest BCUT2D eigenvalue weighted by Gasteiger charge is 2.43. The summed E-state index contributed by atoms with van der Waals surface area (Å²) in [6.45, 7) is 4.72. The fourth-order valence-electron chi connectivity index (χ4n) is 2.60. The molecule has 0 bridgehead atoms. The highest BCUT2D eigenvalue weighted by atomic mass is 16.6. The molecular formula is C17H23NO3. The standard InChI is InChI=1S/C17H23NO3/c1-16(2)8-10-17(11-9-16,15(19)20)13-18-21-12-14-6-4-3-5-7-14/h3-7,13H,8-12H2,1-2H3,(H,19,20)/b18-13+. The van der Waals surface area contributed by atoms with Crippen molar-refractivity contribution in [1.82, 2.24) is 0 Å². The predicted molar refractivity (Wildman–Crippen MR) is 82.0 cm³/mol. The van der Waals surface area contributed by atoms with E-state index in [0.717, 1.165) is 18.4 Å². The van der Waals surface area contributed by atoms with E-state index in [1.165, 1.54) is 6.21 Å². The van der Waals surface area contributed by atoms with Crippen LogP contribution in [-0.2, 0) is 16.2 Å². The molecule has 21 heavy (non-hydrogen) atoms. The van der Waals surface area contributed by atoms with Gasteiger partial charge in [-0.05, 0) is 36.7 Å². The molecular weight excluding hydrogens is 266 g/mol. The van der Waals surface area contributed by atoms with Crippen LogP contribution in [0, 0.1) is 10.8 Å². The first-order valence-corrected chi connectivity index (χ1v) is 7.37. The molecule has 1 fully saturated rings. The lowest BCUT2D eigenvalue weighted by Crippen LogP contribution is -2.39. The van der Waals surface area contributed by atoms with Gasteiger partial charge < -0.3 is 9.94 Å². The maximum atomic E-state index is 11.6. The van der Waals surface area contributed by atoms with Crippen LogP contribution in [0.3, 0.4) is 0 Å². The summed E-state index contributed by atoms with van der Waals surface area (Å²) in [7, 11) is 0. The first-order valence-electron chi connectivity index (χ1n) is 7.37. The summed E-state index contributed by atoms with van der Waals surface area (Å²) >= 11 is 0. The summed E-state index contributed by atoms with van der Waals surface area (Å²) in [6.07, 6.45) is 4.52. The highest BCUT2D eigenvalue weighted by Crippen LogP contribution is 2.44. The van der Waals surface area contributed by atoms with Crippen LogP contribution in [-0.4, -0.2) is 17.3 Å². The Labute approximate surface area is 125 Å². The Morgan fingerprint density at radius 2 is 1.86 bits per heavy atom. The largest absolute Gasteiger partial charge is 0.481 e. The van der Waals surface area contributed by atoms with Crippen LogP contribution in [0.5, 0.6) is 0 Å². The number of hydrogen-bond donors (Lipinski definition) is 1. The van der Waals surface area contributed by atoms with Gasteiger partial charge >= 0.3 is 5.97 Å². The van der Waals surface area contributed by atoms with E-state index in [4.69, 9.17) is 4.84 Å². The van der Waals surface area contributed by atoms with Crippen LogP contribution in [0.25, 0.3) is 0 Å².